The highest BCUT2D eigenvalue weighted by molar-refractivity contribution is 5.41. The number of hydrogen-bond acceptors (Lipinski definition) is 4. The minimum atomic E-state index is 0.529. The van der Waals surface area contributed by atoms with Crippen molar-refractivity contribution >= 4 is 11.6 Å². The molecule has 0 saturated carbocycles. The molecule has 1 aromatic rings. The van der Waals surface area contributed by atoms with E-state index in [-0.39, 0.29) is 0 Å². The average Bonchev–Trinajstić information content (AvgIpc) is 2.13. The molecule has 0 aliphatic rings. The van der Waals surface area contributed by atoms with Gasteiger partial charge in [0.15, 0.2) is 0 Å². The Bertz CT molecular complexity index is 252. The van der Waals surface area contributed by atoms with Crippen LogP contribution >= 0.6 is 0 Å². The van der Waals surface area contributed by atoms with E-state index in [9.17, 15) is 0 Å². The molecule has 0 spiro atoms. The number of ether oxygens (including phenoxy) is 1. The molecule has 0 aromatic carbocycles. The van der Waals surface area contributed by atoms with Crippen molar-refractivity contribution in [3.63, 3.8) is 0 Å². The Kier molecular flexibility index (Phi) is 4.05. The second-order valence-electron chi connectivity index (χ2n) is 2.57. The van der Waals surface area contributed by atoms with Gasteiger partial charge in [0.05, 0.1) is 6.61 Å². The van der Waals surface area contributed by atoms with Gasteiger partial charge in [0.25, 0.3) is 0 Å². The van der Waals surface area contributed by atoms with Crippen LogP contribution in [0.25, 0.3) is 0 Å². The fourth-order valence-electron chi connectivity index (χ4n) is 0.946. The fourth-order valence-corrected chi connectivity index (χ4v) is 0.946. The molecule has 0 atom stereocenters. The number of nitrogen functional groups attached to an aromatic ring is 1. The van der Waals surface area contributed by atoms with Crippen LogP contribution in [-0.4, -0.2) is 24.7 Å². The van der Waals surface area contributed by atoms with E-state index in [2.05, 4.69) is 10.3 Å². The molecule has 1 aromatic heterocycles. The molecule has 4 heteroatoms. The van der Waals surface area contributed by atoms with E-state index in [1.165, 1.54) is 0 Å². The van der Waals surface area contributed by atoms with E-state index in [0.29, 0.717) is 12.4 Å². The van der Waals surface area contributed by atoms with Crippen molar-refractivity contribution in [3.8, 4) is 0 Å². The molecule has 0 aliphatic heterocycles. The standard InChI is InChI=1S/C9H15N3O/c1-2-13-7-6-11-9-5-3-4-8(10)12-9/h3-5H,2,6-7H2,1H3,(H3,10,11,12). The fraction of sp³-hybridized carbons (Fsp3) is 0.444. The zero-order valence-electron chi connectivity index (χ0n) is 7.79. The highest BCUT2D eigenvalue weighted by atomic mass is 16.5. The second kappa shape index (κ2) is 5.37. The summed E-state index contributed by atoms with van der Waals surface area (Å²) in [5.41, 5.74) is 5.51. The van der Waals surface area contributed by atoms with Crippen molar-refractivity contribution in [2.24, 2.45) is 0 Å². The van der Waals surface area contributed by atoms with Gasteiger partial charge in [-0.3, -0.25) is 0 Å². The molecule has 0 radical (unpaired) electrons. The van der Waals surface area contributed by atoms with E-state index in [1.807, 2.05) is 19.1 Å². The third kappa shape index (κ3) is 3.75. The molecule has 13 heavy (non-hydrogen) atoms. The molecule has 0 amide bonds. The summed E-state index contributed by atoms with van der Waals surface area (Å²) < 4.78 is 5.16. The number of aromatic nitrogens is 1. The summed E-state index contributed by atoms with van der Waals surface area (Å²) in [7, 11) is 0. The molecule has 1 heterocycles. The van der Waals surface area contributed by atoms with E-state index < -0.39 is 0 Å². The van der Waals surface area contributed by atoms with Crippen molar-refractivity contribution in [1.29, 1.82) is 0 Å². The van der Waals surface area contributed by atoms with Crippen molar-refractivity contribution in [3.05, 3.63) is 18.2 Å². The predicted molar refractivity (Wildman–Crippen MR) is 53.6 cm³/mol. The van der Waals surface area contributed by atoms with Crippen molar-refractivity contribution in [1.82, 2.24) is 4.98 Å². The summed E-state index contributed by atoms with van der Waals surface area (Å²) in [4.78, 5) is 4.08. The number of pyridine rings is 1. The largest absolute Gasteiger partial charge is 0.384 e. The lowest BCUT2D eigenvalue weighted by molar-refractivity contribution is 0.158. The summed E-state index contributed by atoms with van der Waals surface area (Å²) in [6.45, 7) is 4.15. The molecule has 4 nitrogen and oxygen atoms in total. The summed E-state index contributed by atoms with van der Waals surface area (Å²) in [6, 6.07) is 5.50. The molecule has 1 rings (SSSR count). The SMILES string of the molecule is CCOCCNc1cccc(N)n1. The summed E-state index contributed by atoms with van der Waals surface area (Å²) in [5.74, 6) is 1.32. The summed E-state index contributed by atoms with van der Waals surface area (Å²) in [5, 5.41) is 3.10. The maximum absolute atomic E-state index is 5.51. The topological polar surface area (TPSA) is 60.2 Å². The van der Waals surface area contributed by atoms with Gasteiger partial charge in [-0.05, 0) is 19.1 Å². The first kappa shape index (κ1) is 9.80. The van der Waals surface area contributed by atoms with Crippen LogP contribution in [0.1, 0.15) is 6.92 Å². The molecule has 0 bridgehead atoms. The Morgan fingerprint density at radius 3 is 3.08 bits per heavy atom. The minimum absolute atomic E-state index is 0.529. The molecule has 0 aliphatic carbocycles. The van der Waals surface area contributed by atoms with Crippen LogP contribution in [0.2, 0.25) is 0 Å². The third-order valence-corrected chi connectivity index (χ3v) is 1.53. The highest BCUT2D eigenvalue weighted by Crippen LogP contribution is 2.04. The highest BCUT2D eigenvalue weighted by Gasteiger charge is 1.92. The monoisotopic (exact) mass is 181 g/mol. The van der Waals surface area contributed by atoms with Crippen LogP contribution < -0.4 is 11.1 Å². The molecular weight excluding hydrogens is 166 g/mol. The van der Waals surface area contributed by atoms with Crippen molar-refractivity contribution < 1.29 is 4.74 Å². The molecule has 0 fully saturated rings. The van der Waals surface area contributed by atoms with E-state index in [0.717, 1.165) is 19.0 Å². The van der Waals surface area contributed by atoms with Gasteiger partial charge in [-0.1, -0.05) is 6.07 Å². The van der Waals surface area contributed by atoms with Crippen LogP contribution in [0.3, 0.4) is 0 Å². The number of nitrogens with zero attached hydrogens (tertiary/aromatic N) is 1. The Balaban J connectivity index is 2.28. The average molecular weight is 181 g/mol. The zero-order chi connectivity index (χ0) is 9.52. The molecule has 0 saturated heterocycles. The van der Waals surface area contributed by atoms with Crippen LogP contribution in [0.15, 0.2) is 18.2 Å². The predicted octanol–water partition coefficient (Wildman–Crippen LogP) is 1.11. The Morgan fingerprint density at radius 2 is 2.38 bits per heavy atom. The molecular formula is C9H15N3O. The van der Waals surface area contributed by atoms with Gasteiger partial charge in [0, 0.05) is 13.2 Å². The number of nitrogens with one attached hydrogen (secondary N) is 1. The van der Waals surface area contributed by atoms with Gasteiger partial charge in [-0.25, -0.2) is 4.98 Å². The van der Waals surface area contributed by atoms with Gasteiger partial charge < -0.3 is 15.8 Å². The lowest BCUT2D eigenvalue weighted by Crippen LogP contribution is -2.10. The van der Waals surface area contributed by atoms with Crippen LogP contribution in [0.4, 0.5) is 11.6 Å². The second-order valence-corrected chi connectivity index (χ2v) is 2.57. The van der Waals surface area contributed by atoms with Gasteiger partial charge >= 0.3 is 0 Å². The van der Waals surface area contributed by atoms with Crippen LogP contribution in [0.5, 0.6) is 0 Å². The van der Waals surface area contributed by atoms with E-state index in [1.54, 1.807) is 6.07 Å². The summed E-state index contributed by atoms with van der Waals surface area (Å²) in [6.07, 6.45) is 0. The minimum Gasteiger partial charge on any atom is -0.384 e. The van der Waals surface area contributed by atoms with Gasteiger partial charge in [0.2, 0.25) is 0 Å². The molecule has 72 valence electrons. The third-order valence-electron chi connectivity index (χ3n) is 1.53. The number of nitrogens with two attached hydrogens (primary N) is 1. The maximum Gasteiger partial charge on any atom is 0.128 e. The normalized spacial score (nSPS) is 9.92. The number of rotatable bonds is 5. The first-order valence-corrected chi connectivity index (χ1v) is 4.37. The van der Waals surface area contributed by atoms with Gasteiger partial charge in [0.1, 0.15) is 11.6 Å². The van der Waals surface area contributed by atoms with E-state index in [4.69, 9.17) is 10.5 Å². The Hall–Kier alpha value is -1.29. The quantitative estimate of drug-likeness (QED) is 0.668. The smallest absolute Gasteiger partial charge is 0.128 e. The molecule has 3 N–H and O–H groups in total. The van der Waals surface area contributed by atoms with Crippen molar-refractivity contribution in [2.75, 3.05) is 30.8 Å². The lowest BCUT2D eigenvalue weighted by atomic mass is 10.4. The summed E-state index contributed by atoms with van der Waals surface area (Å²) >= 11 is 0. The first-order chi connectivity index (χ1) is 6.33. The van der Waals surface area contributed by atoms with E-state index >= 15 is 0 Å². The van der Waals surface area contributed by atoms with Crippen molar-refractivity contribution in [2.45, 2.75) is 6.92 Å². The molecule has 0 unspecified atom stereocenters. The van der Waals surface area contributed by atoms with Gasteiger partial charge in [-0.2, -0.15) is 0 Å². The lowest BCUT2D eigenvalue weighted by Gasteiger charge is -2.05. The Labute approximate surface area is 78.1 Å². The zero-order valence-corrected chi connectivity index (χ0v) is 7.79. The number of hydrogen-bond donors (Lipinski definition) is 2. The van der Waals surface area contributed by atoms with Crippen LogP contribution in [0, 0.1) is 0 Å². The van der Waals surface area contributed by atoms with Crippen LogP contribution in [-0.2, 0) is 4.74 Å². The van der Waals surface area contributed by atoms with Gasteiger partial charge in [-0.15, -0.1) is 0 Å². The Morgan fingerprint density at radius 1 is 1.54 bits per heavy atom. The maximum atomic E-state index is 5.51. The first-order valence-electron chi connectivity index (χ1n) is 4.37. The number of anilines is 2.